The zero-order valence-corrected chi connectivity index (χ0v) is 17.6. The molecule has 2 N–H and O–H groups in total. The van der Waals surface area contributed by atoms with E-state index in [4.69, 9.17) is 4.99 Å². The molecule has 0 aliphatic carbocycles. The van der Waals surface area contributed by atoms with E-state index in [0.717, 1.165) is 31.4 Å². The Morgan fingerprint density at radius 1 is 1.26 bits per heavy atom. The highest BCUT2D eigenvalue weighted by Gasteiger charge is 2.06. The smallest absolute Gasteiger partial charge is 0.191 e. The molecule has 0 bridgehead atoms. The van der Waals surface area contributed by atoms with Crippen molar-refractivity contribution >= 4 is 29.9 Å². The van der Waals surface area contributed by atoms with E-state index in [0.29, 0.717) is 6.04 Å². The number of guanidine groups is 1. The second kappa shape index (κ2) is 12.6. The third kappa shape index (κ3) is 9.79. The highest BCUT2D eigenvalue weighted by molar-refractivity contribution is 14.0. The Morgan fingerprint density at radius 2 is 2.00 bits per heavy atom. The van der Waals surface area contributed by atoms with E-state index in [1.807, 2.05) is 12.4 Å². The topological polar surface area (TPSA) is 49.3 Å². The van der Waals surface area contributed by atoms with E-state index in [9.17, 15) is 0 Å². The van der Waals surface area contributed by atoms with Gasteiger partial charge in [0.15, 0.2) is 5.96 Å². The van der Waals surface area contributed by atoms with Crippen molar-refractivity contribution in [1.29, 1.82) is 0 Å². The number of pyridine rings is 1. The zero-order valence-electron chi connectivity index (χ0n) is 15.2. The first-order valence-electron chi connectivity index (χ1n) is 8.47. The molecule has 0 aliphatic rings. The molecule has 1 atom stereocenters. The van der Waals surface area contributed by atoms with Crippen LogP contribution in [0.5, 0.6) is 0 Å². The maximum atomic E-state index is 4.69. The summed E-state index contributed by atoms with van der Waals surface area (Å²) >= 11 is 0. The Hall–Kier alpha value is -0.850. The van der Waals surface area contributed by atoms with Crippen molar-refractivity contribution in [1.82, 2.24) is 15.6 Å². The molecule has 1 aromatic rings. The highest BCUT2D eigenvalue weighted by atomic mass is 127. The molecular weight excluding hydrogens is 399 g/mol. The molecule has 0 saturated heterocycles. The van der Waals surface area contributed by atoms with Crippen LogP contribution in [0.15, 0.2) is 23.5 Å². The normalized spacial score (nSPS) is 12.7. The SMILES string of the molecule is CCNC(=NCCc1ccncc1C)NC(C)CCC(C)C.I. The molecule has 0 saturated carbocycles. The number of hydrogen-bond acceptors (Lipinski definition) is 2. The summed E-state index contributed by atoms with van der Waals surface area (Å²) in [5.74, 6) is 1.67. The summed E-state index contributed by atoms with van der Waals surface area (Å²) in [6.07, 6.45) is 7.13. The summed E-state index contributed by atoms with van der Waals surface area (Å²) in [6.45, 7) is 12.6. The van der Waals surface area contributed by atoms with E-state index >= 15 is 0 Å². The van der Waals surface area contributed by atoms with Gasteiger partial charge in [0.1, 0.15) is 0 Å². The molecule has 0 spiro atoms. The van der Waals surface area contributed by atoms with Crippen LogP contribution in [0.1, 0.15) is 51.7 Å². The molecule has 4 nitrogen and oxygen atoms in total. The molecule has 1 aromatic heterocycles. The summed E-state index contributed by atoms with van der Waals surface area (Å²) in [5, 5.41) is 6.83. The number of aliphatic imine (C=N–C) groups is 1. The Morgan fingerprint density at radius 3 is 2.61 bits per heavy atom. The van der Waals surface area contributed by atoms with E-state index < -0.39 is 0 Å². The monoisotopic (exact) mass is 432 g/mol. The van der Waals surface area contributed by atoms with Gasteiger partial charge in [0, 0.05) is 31.5 Å². The lowest BCUT2D eigenvalue weighted by atomic mass is 10.0. The molecule has 0 fully saturated rings. The van der Waals surface area contributed by atoms with Gasteiger partial charge in [-0.15, -0.1) is 24.0 Å². The molecule has 1 unspecified atom stereocenters. The quantitative estimate of drug-likeness (QED) is 0.372. The number of rotatable bonds is 8. The summed E-state index contributed by atoms with van der Waals surface area (Å²) < 4.78 is 0. The average Bonchev–Trinajstić information content (AvgIpc) is 2.47. The third-order valence-corrected chi connectivity index (χ3v) is 3.69. The van der Waals surface area contributed by atoms with Gasteiger partial charge in [-0.3, -0.25) is 9.98 Å². The Bertz CT molecular complexity index is 460. The largest absolute Gasteiger partial charge is 0.357 e. The van der Waals surface area contributed by atoms with Crippen LogP contribution >= 0.6 is 24.0 Å². The Balaban J connectivity index is 0.00000484. The van der Waals surface area contributed by atoms with Crippen LogP contribution in [0.3, 0.4) is 0 Å². The van der Waals surface area contributed by atoms with Gasteiger partial charge in [0.2, 0.25) is 0 Å². The van der Waals surface area contributed by atoms with Crippen LogP contribution in [0, 0.1) is 12.8 Å². The molecule has 0 amide bonds. The molecule has 0 aromatic carbocycles. The van der Waals surface area contributed by atoms with Crippen molar-refractivity contribution in [2.24, 2.45) is 10.9 Å². The molecule has 0 radical (unpaired) electrons. The fourth-order valence-electron chi connectivity index (χ4n) is 2.28. The predicted molar refractivity (Wildman–Crippen MR) is 111 cm³/mol. The van der Waals surface area contributed by atoms with Gasteiger partial charge < -0.3 is 10.6 Å². The Labute approximate surface area is 159 Å². The second-order valence-corrected chi connectivity index (χ2v) is 6.33. The van der Waals surface area contributed by atoms with Crippen molar-refractivity contribution < 1.29 is 0 Å². The highest BCUT2D eigenvalue weighted by Crippen LogP contribution is 2.07. The first-order valence-corrected chi connectivity index (χ1v) is 8.47. The predicted octanol–water partition coefficient (Wildman–Crippen LogP) is 3.93. The number of nitrogens with one attached hydrogen (secondary N) is 2. The number of nitrogens with zero attached hydrogens (tertiary/aromatic N) is 2. The molecular formula is C18H33IN4. The van der Waals surface area contributed by atoms with Gasteiger partial charge in [0.05, 0.1) is 0 Å². The van der Waals surface area contributed by atoms with Crippen LogP contribution in [0.4, 0.5) is 0 Å². The average molecular weight is 432 g/mol. The number of aromatic nitrogens is 1. The minimum absolute atomic E-state index is 0. The summed E-state index contributed by atoms with van der Waals surface area (Å²) in [4.78, 5) is 8.82. The summed E-state index contributed by atoms with van der Waals surface area (Å²) in [5.41, 5.74) is 2.56. The van der Waals surface area contributed by atoms with Gasteiger partial charge in [-0.2, -0.15) is 0 Å². The minimum atomic E-state index is 0. The maximum Gasteiger partial charge on any atom is 0.191 e. The maximum absolute atomic E-state index is 4.69. The van der Waals surface area contributed by atoms with Crippen LogP contribution < -0.4 is 10.6 Å². The van der Waals surface area contributed by atoms with Gasteiger partial charge in [0.25, 0.3) is 0 Å². The van der Waals surface area contributed by atoms with Gasteiger partial charge in [-0.05, 0) is 63.1 Å². The summed E-state index contributed by atoms with van der Waals surface area (Å²) in [6, 6.07) is 2.53. The fraction of sp³-hybridized carbons (Fsp3) is 0.667. The van der Waals surface area contributed by atoms with Crippen molar-refractivity contribution in [3.05, 3.63) is 29.6 Å². The molecule has 1 rings (SSSR count). The minimum Gasteiger partial charge on any atom is -0.357 e. The van der Waals surface area contributed by atoms with E-state index in [2.05, 4.69) is 56.3 Å². The lowest BCUT2D eigenvalue weighted by Gasteiger charge is -2.18. The van der Waals surface area contributed by atoms with Gasteiger partial charge >= 0.3 is 0 Å². The lowest BCUT2D eigenvalue weighted by Crippen LogP contribution is -2.42. The number of halogens is 1. The molecule has 0 aliphatic heterocycles. The van der Waals surface area contributed by atoms with Crippen molar-refractivity contribution in [3.63, 3.8) is 0 Å². The first kappa shape index (κ1) is 22.1. The van der Waals surface area contributed by atoms with Crippen LogP contribution in [-0.2, 0) is 6.42 Å². The second-order valence-electron chi connectivity index (χ2n) is 6.33. The lowest BCUT2D eigenvalue weighted by molar-refractivity contribution is 0.489. The van der Waals surface area contributed by atoms with Crippen molar-refractivity contribution in [2.75, 3.05) is 13.1 Å². The molecule has 23 heavy (non-hydrogen) atoms. The summed E-state index contributed by atoms with van der Waals surface area (Å²) in [7, 11) is 0. The molecule has 5 heteroatoms. The van der Waals surface area contributed by atoms with E-state index in [1.165, 1.54) is 24.0 Å². The molecule has 1 heterocycles. The van der Waals surface area contributed by atoms with Gasteiger partial charge in [-0.1, -0.05) is 13.8 Å². The van der Waals surface area contributed by atoms with E-state index in [-0.39, 0.29) is 24.0 Å². The number of aryl methyl sites for hydroxylation is 1. The fourth-order valence-corrected chi connectivity index (χ4v) is 2.28. The van der Waals surface area contributed by atoms with Crippen LogP contribution in [0.25, 0.3) is 0 Å². The van der Waals surface area contributed by atoms with Crippen LogP contribution in [-0.4, -0.2) is 30.1 Å². The standard InChI is InChI=1S/C18H32N4.HI/c1-6-20-18(22-16(5)8-7-14(2)3)21-12-10-17-9-11-19-13-15(17)4;/h9,11,13-14,16H,6-8,10,12H2,1-5H3,(H2,20,21,22);1H. The van der Waals surface area contributed by atoms with Crippen LogP contribution in [0.2, 0.25) is 0 Å². The molecule has 132 valence electrons. The first-order chi connectivity index (χ1) is 10.5. The van der Waals surface area contributed by atoms with Gasteiger partial charge in [-0.25, -0.2) is 0 Å². The Kier molecular flexibility index (Phi) is 12.1. The zero-order chi connectivity index (χ0) is 16.4. The van der Waals surface area contributed by atoms with Crippen molar-refractivity contribution in [2.45, 2.75) is 59.9 Å². The van der Waals surface area contributed by atoms with E-state index in [1.54, 1.807) is 0 Å². The third-order valence-electron chi connectivity index (χ3n) is 3.69. The number of hydrogen-bond donors (Lipinski definition) is 2. The van der Waals surface area contributed by atoms with Crippen molar-refractivity contribution in [3.8, 4) is 0 Å².